The molecule has 7 nitrogen and oxygen atoms in total. The Balaban J connectivity index is 1.72. The second kappa shape index (κ2) is 12.2. The van der Waals surface area contributed by atoms with Crippen molar-refractivity contribution < 1.29 is 19.4 Å². The molecule has 3 rings (SSSR count). The summed E-state index contributed by atoms with van der Waals surface area (Å²) >= 11 is 0. The van der Waals surface area contributed by atoms with E-state index in [9.17, 15) is 14.7 Å². The van der Waals surface area contributed by atoms with E-state index in [2.05, 4.69) is 53.6 Å². The average molecular weight is 458 g/mol. The van der Waals surface area contributed by atoms with E-state index in [0.717, 1.165) is 31.5 Å². The van der Waals surface area contributed by atoms with Gasteiger partial charge < -0.3 is 25.4 Å². The van der Waals surface area contributed by atoms with Crippen LogP contribution in [0.3, 0.4) is 0 Å². The van der Waals surface area contributed by atoms with Crippen LogP contribution in [0, 0.1) is 0 Å². The predicted octanol–water partition coefficient (Wildman–Crippen LogP) is 3.63. The van der Waals surface area contributed by atoms with Crippen molar-refractivity contribution in [2.75, 3.05) is 18.0 Å². The van der Waals surface area contributed by atoms with Crippen LogP contribution in [0.1, 0.15) is 64.9 Å². The molecule has 0 bridgehead atoms. The number of hydrogen-bond donors (Lipinski definition) is 3. The van der Waals surface area contributed by atoms with Crippen molar-refractivity contribution in [1.82, 2.24) is 10.6 Å². The third kappa shape index (κ3) is 7.05. The van der Waals surface area contributed by atoms with Crippen molar-refractivity contribution in [3.8, 4) is 0 Å². The summed E-state index contributed by atoms with van der Waals surface area (Å²) in [6, 6.07) is 8.00. The van der Waals surface area contributed by atoms with Crippen molar-refractivity contribution in [2.45, 2.75) is 90.1 Å². The molecule has 1 fully saturated rings. The zero-order valence-corrected chi connectivity index (χ0v) is 20.2. The van der Waals surface area contributed by atoms with Gasteiger partial charge in [0.15, 0.2) is 0 Å². The molecule has 0 spiro atoms. The van der Waals surface area contributed by atoms with Gasteiger partial charge in [0.2, 0.25) is 5.91 Å². The minimum atomic E-state index is -0.938. The summed E-state index contributed by atoms with van der Waals surface area (Å²) in [5.41, 5.74) is 2.70. The van der Waals surface area contributed by atoms with Crippen molar-refractivity contribution in [2.24, 2.45) is 0 Å². The maximum Gasteiger partial charge on any atom is 0.331 e. The quantitative estimate of drug-likeness (QED) is 0.497. The molecule has 1 amide bonds. The van der Waals surface area contributed by atoms with E-state index in [4.69, 9.17) is 4.74 Å². The summed E-state index contributed by atoms with van der Waals surface area (Å²) in [6.45, 7) is 8.40. The van der Waals surface area contributed by atoms with Crippen LogP contribution in [-0.4, -0.2) is 54.4 Å². The van der Waals surface area contributed by atoms with Gasteiger partial charge in [-0.2, -0.15) is 0 Å². The number of nitrogens with one attached hydrogen (secondary N) is 2. The maximum atomic E-state index is 12.0. The highest BCUT2D eigenvalue weighted by atomic mass is 16.5. The summed E-state index contributed by atoms with van der Waals surface area (Å²) in [6.07, 6.45) is 6.99. The van der Waals surface area contributed by atoms with Crippen molar-refractivity contribution >= 4 is 17.6 Å². The standard InChI is InChI=1S/C26H39N3O4/c1-4-22(5-2)33-24-16-20(26(31)32)15-23(25(24)28-18(3)30)27-17-19-9-11-21(12-10-19)29-13-7-6-8-14-29/h9-12,16,22-25,27H,4-8,13-15,17H2,1-3H3,(H,28,30)(H,31,32)/t23-,24+,25+/m0/s1. The van der Waals surface area contributed by atoms with E-state index >= 15 is 0 Å². The highest BCUT2D eigenvalue weighted by Gasteiger charge is 2.37. The zero-order chi connectivity index (χ0) is 23.8. The molecule has 1 aliphatic heterocycles. The lowest BCUT2D eigenvalue weighted by molar-refractivity contribution is -0.133. The fourth-order valence-corrected chi connectivity index (χ4v) is 4.79. The summed E-state index contributed by atoms with van der Waals surface area (Å²) in [4.78, 5) is 26.2. The predicted molar refractivity (Wildman–Crippen MR) is 130 cm³/mol. The molecule has 182 valence electrons. The molecule has 3 N–H and O–H groups in total. The van der Waals surface area contributed by atoms with E-state index in [1.807, 2.05) is 0 Å². The van der Waals surface area contributed by atoms with Gasteiger partial charge in [0, 0.05) is 43.9 Å². The number of ether oxygens (including phenoxy) is 1. The average Bonchev–Trinajstić information content (AvgIpc) is 2.82. The smallest absolute Gasteiger partial charge is 0.331 e. The molecule has 7 heteroatoms. The van der Waals surface area contributed by atoms with Crippen LogP contribution in [0.15, 0.2) is 35.9 Å². The van der Waals surface area contributed by atoms with E-state index < -0.39 is 12.1 Å². The number of carbonyl (C=O) groups is 2. The topological polar surface area (TPSA) is 90.9 Å². The van der Waals surface area contributed by atoms with Crippen LogP contribution >= 0.6 is 0 Å². The van der Waals surface area contributed by atoms with Gasteiger partial charge in [-0.1, -0.05) is 26.0 Å². The van der Waals surface area contributed by atoms with E-state index in [1.165, 1.54) is 31.9 Å². The first-order chi connectivity index (χ1) is 15.9. The Morgan fingerprint density at radius 3 is 2.36 bits per heavy atom. The first kappa shape index (κ1) is 25.2. The number of aliphatic carboxylic acids is 1. The Labute approximate surface area is 197 Å². The highest BCUT2D eigenvalue weighted by Crippen LogP contribution is 2.25. The number of rotatable bonds is 10. The van der Waals surface area contributed by atoms with Crippen LogP contribution in [-0.2, 0) is 20.9 Å². The molecule has 1 saturated heterocycles. The largest absolute Gasteiger partial charge is 0.478 e. The van der Waals surface area contributed by atoms with Crippen LogP contribution < -0.4 is 15.5 Å². The fraction of sp³-hybridized carbons (Fsp3) is 0.615. The first-order valence-electron chi connectivity index (χ1n) is 12.3. The lowest BCUT2D eigenvalue weighted by atomic mass is 9.87. The molecule has 0 saturated carbocycles. The summed E-state index contributed by atoms with van der Waals surface area (Å²) in [5.74, 6) is -1.09. The Kier molecular flexibility index (Phi) is 9.32. The third-order valence-electron chi connectivity index (χ3n) is 6.72. The van der Waals surface area contributed by atoms with Crippen LogP contribution in [0.4, 0.5) is 5.69 Å². The normalized spacial score (nSPS) is 23.3. The van der Waals surface area contributed by atoms with Crippen molar-refractivity contribution in [3.63, 3.8) is 0 Å². The lowest BCUT2D eigenvalue weighted by Crippen LogP contribution is -2.58. The number of carboxylic acid groups (broad SMARTS) is 1. The molecule has 0 radical (unpaired) electrons. The van der Waals surface area contributed by atoms with Crippen molar-refractivity contribution in [3.05, 3.63) is 41.5 Å². The van der Waals surface area contributed by atoms with Gasteiger partial charge in [-0.05, 0) is 62.3 Å². The van der Waals surface area contributed by atoms with Gasteiger partial charge in [0.1, 0.15) is 0 Å². The number of carbonyl (C=O) groups excluding carboxylic acids is 1. The Hall–Kier alpha value is -2.38. The van der Waals surface area contributed by atoms with Crippen LogP contribution in [0.2, 0.25) is 0 Å². The Morgan fingerprint density at radius 2 is 1.79 bits per heavy atom. The molecule has 0 unspecified atom stereocenters. The molecule has 1 aromatic rings. The summed E-state index contributed by atoms with van der Waals surface area (Å²) < 4.78 is 6.25. The lowest BCUT2D eigenvalue weighted by Gasteiger charge is -2.38. The SMILES string of the molecule is CCC(CC)O[C@@H]1C=C(C(=O)O)C[C@H](NCc2ccc(N3CCCCC3)cc2)[C@H]1NC(C)=O. The minimum Gasteiger partial charge on any atom is -0.478 e. The maximum absolute atomic E-state index is 12.0. The summed E-state index contributed by atoms with van der Waals surface area (Å²) in [7, 11) is 0. The van der Waals surface area contributed by atoms with E-state index in [0.29, 0.717) is 18.5 Å². The monoisotopic (exact) mass is 457 g/mol. The number of anilines is 1. The molecular formula is C26H39N3O4. The highest BCUT2D eigenvalue weighted by molar-refractivity contribution is 5.87. The van der Waals surface area contributed by atoms with Crippen molar-refractivity contribution in [1.29, 1.82) is 0 Å². The van der Waals surface area contributed by atoms with Crippen LogP contribution in [0.25, 0.3) is 0 Å². The zero-order valence-electron chi connectivity index (χ0n) is 20.2. The summed E-state index contributed by atoms with van der Waals surface area (Å²) in [5, 5.41) is 16.2. The number of benzene rings is 1. The van der Waals surface area contributed by atoms with Crippen LogP contribution in [0.5, 0.6) is 0 Å². The number of amides is 1. The number of nitrogens with zero attached hydrogens (tertiary/aromatic N) is 1. The second-order valence-corrected chi connectivity index (χ2v) is 9.17. The molecule has 1 heterocycles. The number of carboxylic acids is 1. The Morgan fingerprint density at radius 1 is 1.12 bits per heavy atom. The minimum absolute atomic E-state index is 0.0126. The second-order valence-electron chi connectivity index (χ2n) is 9.17. The van der Waals surface area contributed by atoms with Gasteiger partial charge in [0.25, 0.3) is 0 Å². The van der Waals surface area contributed by atoms with E-state index in [1.54, 1.807) is 6.08 Å². The molecule has 0 aromatic heterocycles. The first-order valence-corrected chi connectivity index (χ1v) is 12.3. The molecule has 33 heavy (non-hydrogen) atoms. The Bertz CT molecular complexity index is 813. The van der Waals surface area contributed by atoms with Gasteiger partial charge in [-0.15, -0.1) is 0 Å². The molecule has 2 aliphatic rings. The van der Waals surface area contributed by atoms with Gasteiger partial charge >= 0.3 is 5.97 Å². The van der Waals surface area contributed by atoms with E-state index in [-0.39, 0.29) is 24.1 Å². The molecule has 3 atom stereocenters. The number of piperidine rings is 1. The van der Waals surface area contributed by atoms with Gasteiger partial charge in [-0.25, -0.2) is 4.79 Å². The molecule has 1 aromatic carbocycles. The van der Waals surface area contributed by atoms with Gasteiger partial charge in [-0.3, -0.25) is 4.79 Å². The number of hydrogen-bond acceptors (Lipinski definition) is 5. The third-order valence-corrected chi connectivity index (χ3v) is 6.72. The molecular weight excluding hydrogens is 418 g/mol. The van der Waals surface area contributed by atoms with Gasteiger partial charge in [0.05, 0.1) is 18.2 Å². The molecule has 1 aliphatic carbocycles. The fourth-order valence-electron chi connectivity index (χ4n) is 4.79.